The fourth-order valence-corrected chi connectivity index (χ4v) is 5.41. The van der Waals surface area contributed by atoms with E-state index in [1.807, 2.05) is 24.3 Å². The third-order valence-corrected chi connectivity index (χ3v) is 7.35. The maximum atomic E-state index is 5.91. The first kappa shape index (κ1) is 21.5. The van der Waals surface area contributed by atoms with E-state index in [2.05, 4.69) is 30.9 Å². The van der Waals surface area contributed by atoms with E-state index >= 15 is 0 Å². The molecule has 0 aliphatic heterocycles. The smallest absolute Gasteiger partial charge is 0.0406 e. The zero-order chi connectivity index (χ0) is 19.6. The SMILES string of the molecule is CCCCC[C@H]1CC[C@H](C2CCC(C=CC#Cc3ccc(Cl)cc3)CC2)CC1. The largest absolute Gasteiger partial charge is 0.0843 e. The van der Waals surface area contributed by atoms with Crippen molar-refractivity contribution < 1.29 is 0 Å². The maximum absolute atomic E-state index is 5.91. The summed E-state index contributed by atoms with van der Waals surface area (Å²) in [5.74, 6) is 10.2. The third-order valence-electron chi connectivity index (χ3n) is 7.10. The van der Waals surface area contributed by atoms with E-state index < -0.39 is 0 Å². The molecule has 3 rings (SSSR count). The zero-order valence-electron chi connectivity index (χ0n) is 17.6. The van der Waals surface area contributed by atoms with Gasteiger partial charge in [0.25, 0.3) is 0 Å². The molecule has 152 valence electrons. The number of unbranched alkanes of at least 4 members (excludes halogenated alkanes) is 2. The Balaban J connectivity index is 1.35. The van der Waals surface area contributed by atoms with Crippen LogP contribution >= 0.6 is 11.6 Å². The van der Waals surface area contributed by atoms with Crippen molar-refractivity contribution in [3.05, 3.63) is 47.0 Å². The lowest BCUT2D eigenvalue weighted by molar-refractivity contribution is 0.151. The number of hydrogen-bond donors (Lipinski definition) is 0. The number of halogens is 1. The first-order valence-corrected chi connectivity index (χ1v) is 12.1. The number of allylic oxidation sites excluding steroid dienone is 2. The maximum Gasteiger partial charge on any atom is 0.0406 e. The fourth-order valence-electron chi connectivity index (χ4n) is 5.28. The van der Waals surface area contributed by atoms with Crippen molar-refractivity contribution in [2.24, 2.45) is 23.7 Å². The van der Waals surface area contributed by atoms with Crippen LogP contribution in [-0.2, 0) is 0 Å². The molecule has 0 aromatic heterocycles. The molecule has 0 N–H and O–H groups in total. The van der Waals surface area contributed by atoms with Gasteiger partial charge in [-0.1, -0.05) is 75.0 Å². The van der Waals surface area contributed by atoms with E-state index in [1.54, 1.807) is 0 Å². The highest BCUT2D eigenvalue weighted by Crippen LogP contribution is 2.42. The quantitative estimate of drug-likeness (QED) is 0.334. The van der Waals surface area contributed by atoms with Crippen LogP contribution < -0.4 is 0 Å². The monoisotopic (exact) mass is 396 g/mol. The van der Waals surface area contributed by atoms with Gasteiger partial charge in [-0.2, -0.15) is 0 Å². The van der Waals surface area contributed by atoms with Crippen LogP contribution in [0.15, 0.2) is 36.4 Å². The molecule has 1 heteroatoms. The molecule has 1 aromatic rings. The van der Waals surface area contributed by atoms with Crippen LogP contribution in [0.1, 0.15) is 89.5 Å². The van der Waals surface area contributed by atoms with E-state index in [0.29, 0.717) is 0 Å². The number of hydrogen-bond acceptors (Lipinski definition) is 0. The fraction of sp³-hybridized carbons (Fsp3) is 0.630. The predicted molar refractivity (Wildman–Crippen MR) is 123 cm³/mol. The molecule has 0 spiro atoms. The van der Waals surface area contributed by atoms with Gasteiger partial charge in [0.1, 0.15) is 0 Å². The summed E-state index contributed by atoms with van der Waals surface area (Å²) in [6.07, 6.45) is 21.8. The Morgan fingerprint density at radius 1 is 0.893 bits per heavy atom. The standard InChI is InChI=1S/C27H37Cl/c1-2-3-4-7-22-10-16-25(17-11-22)26-18-12-23(13-19-26)8-5-6-9-24-14-20-27(28)21-15-24/h5,8,14-15,20-23,25-26H,2-4,7,10-13,16-19H2,1H3/t22-,23?,25-,26?. The van der Waals surface area contributed by atoms with Gasteiger partial charge in [0.15, 0.2) is 0 Å². The van der Waals surface area contributed by atoms with Crippen LogP contribution in [0.4, 0.5) is 0 Å². The lowest BCUT2D eigenvalue weighted by Crippen LogP contribution is -2.25. The molecule has 2 aliphatic rings. The minimum Gasteiger partial charge on any atom is -0.0843 e. The molecular formula is C27H37Cl. The average molecular weight is 397 g/mol. The minimum atomic E-state index is 0.737. The Labute approximate surface area is 178 Å². The van der Waals surface area contributed by atoms with Gasteiger partial charge in [-0.05, 0) is 92.5 Å². The summed E-state index contributed by atoms with van der Waals surface area (Å²) in [7, 11) is 0. The summed E-state index contributed by atoms with van der Waals surface area (Å²) in [6.45, 7) is 2.31. The van der Waals surface area contributed by atoms with Crippen molar-refractivity contribution in [1.82, 2.24) is 0 Å². The topological polar surface area (TPSA) is 0 Å². The summed E-state index contributed by atoms with van der Waals surface area (Å²) in [5, 5.41) is 0.767. The van der Waals surface area contributed by atoms with Gasteiger partial charge in [0.05, 0.1) is 0 Å². The van der Waals surface area contributed by atoms with E-state index in [-0.39, 0.29) is 0 Å². The average Bonchev–Trinajstić information content (AvgIpc) is 2.74. The normalized spacial score (nSPS) is 28.1. The van der Waals surface area contributed by atoms with Crippen LogP contribution in [0, 0.1) is 35.5 Å². The first-order chi connectivity index (χ1) is 13.7. The van der Waals surface area contributed by atoms with Gasteiger partial charge < -0.3 is 0 Å². The highest BCUT2D eigenvalue weighted by Gasteiger charge is 2.30. The van der Waals surface area contributed by atoms with Gasteiger partial charge in [-0.25, -0.2) is 0 Å². The molecule has 0 nitrogen and oxygen atoms in total. The predicted octanol–water partition coefficient (Wildman–Crippen LogP) is 8.44. The van der Waals surface area contributed by atoms with Crippen molar-refractivity contribution in [1.29, 1.82) is 0 Å². The molecule has 0 amide bonds. The second-order valence-electron chi connectivity index (χ2n) is 9.09. The summed E-state index contributed by atoms with van der Waals surface area (Å²) in [6, 6.07) is 7.75. The molecule has 1 aromatic carbocycles. The molecule has 0 unspecified atom stereocenters. The van der Waals surface area contributed by atoms with Crippen LogP contribution in [-0.4, -0.2) is 0 Å². The third kappa shape index (κ3) is 7.00. The Bertz CT molecular complexity index is 644. The Kier molecular flexibility index (Phi) is 9.01. The van der Waals surface area contributed by atoms with Crippen molar-refractivity contribution in [2.45, 2.75) is 84.0 Å². The van der Waals surface area contributed by atoms with Gasteiger partial charge in [-0.15, -0.1) is 0 Å². The number of benzene rings is 1. The first-order valence-electron chi connectivity index (χ1n) is 11.7. The van der Waals surface area contributed by atoms with Crippen LogP contribution in [0.3, 0.4) is 0 Å². The molecular weight excluding hydrogens is 360 g/mol. The molecule has 28 heavy (non-hydrogen) atoms. The molecule has 0 radical (unpaired) electrons. The van der Waals surface area contributed by atoms with Crippen LogP contribution in [0.2, 0.25) is 5.02 Å². The molecule has 0 heterocycles. The Morgan fingerprint density at radius 2 is 1.54 bits per heavy atom. The van der Waals surface area contributed by atoms with E-state index in [4.69, 9.17) is 11.6 Å². The molecule has 2 fully saturated rings. The van der Waals surface area contributed by atoms with Gasteiger partial charge in [-0.3, -0.25) is 0 Å². The van der Waals surface area contributed by atoms with Crippen molar-refractivity contribution in [3.8, 4) is 11.8 Å². The van der Waals surface area contributed by atoms with E-state index in [9.17, 15) is 0 Å². The molecule has 2 saturated carbocycles. The van der Waals surface area contributed by atoms with Gasteiger partial charge in [0.2, 0.25) is 0 Å². The zero-order valence-corrected chi connectivity index (χ0v) is 18.4. The highest BCUT2D eigenvalue weighted by atomic mass is 35.5. The van der Waals surface area contributed by atoms with Gasteiger partial charge >= 0.3 is 0 Å². The van der Waals surface area contributed by atoms with Crippen molar-refractivity contribution in [2.75, 3.05) is 0 Å². The van der Waals surface area contributed by atoms with Crippen LogP contribution in [0.5, 0.6) is 0 Å². The summed E-state index contributed by atoms with van der Waals surface area (Å²) in [4.78, 5) is 0. The van der Waals surface area contributed by atoms with Gasteiger partial charge in [0, 0.05) is 10.6 Å². The summed E-state index contributed by atoms with van der Waals surface area (Å²) >= 11 is 5.91. The highest BCUT2D eigenvalue weighted by molar-refractivity contribution is 6.30. The lowest BCUT2D eigenvalue weighted by Gasteiger charge is -2.37. The molecule has 0 saturated heterocycles. The summed E-state index contributed by atoms with van der Waals surface area (Å²) < 4.78 is 0. The van der Waals surface area contributed by atoms with Crippen molar-refractivity contribution >= 4 is 11.6 Å². The lowest BCUT2D eigenvalue weighted by atomic mass is 9.68. The van der Waals surface area contributed by atoms with E-state index in [1.165, 1.54) is 77.0 Å². The molecule has 2 aliphatic carbocycles. The Hall–Kier alpha value is -1.19. The second kappa shape index (κ2) is 11.7. The minimum absolute atomic E-state index is 0.737. The van der Waals surface area contributed by atoms with E-state index in [0.717, 1.165) is 34.3 Å². The number of rotatable bonds is 6. The molecule has 0 bridgehead atoms. The van der Waals surface area contributed by atoms with Crippen LogP contribution in [0.25, 0.3) is 0 Å². The Morgan fingerprint density at radius 3 is 2.18 bits per heavy atom. The molecule has 0 atom stereocenters. The van der Waals surface area contributed by atoms with Crippen molar-refractivity contribution in [3.63, 3.8) is 0 Å². The second-order valence-corrected chi connectivity index (χ2v) is 9.52. The summed E-state index contributed by atoms with van der Waals surface area (Å²) in [5.41, 5.74) is 1.03.